The van der Waals surface area contributed by atoms with Crippen molar-refractivity contribution in [3.63, 3.8) is 0 Å². The summed E-state index contributed by atoms with van der Waals surface area (Å²) in [5.41, 5.74) is -0.560. The number of rotatable bonds is 4. The van der Waals surface area contributed by atoms with Gasteiger partial charge in [-0.1, -0.05) is 44.9 Å². The standard InChI is InChI=1S/C20H35NO4/c1-20(2,3)25-19(23)21-13-12-16(14-17(21)18(22)24-4)11-10-15-8-6-5-7-9-15/h15-17H,5-14H2,1-4H3/t16-,17-/m1/s1. The number of nitrogens with zero attached hydrogens (tertiary/aromatic N) is 1. The maximum atomic E-state index is 12.5. The first-order chi connectivity index (χ1) is 11.8. The Hall–Kier alpha value is -1.26. The van der Waals surface area contributed by atoms with E-state index in [1.807, 2.05) is 20.8 Å². The molecule has 2 aliphatic rings. The third-order valence-electron chi connectivity index (χ3n) is 5.52. The third kappa shape index (κ3) is 6.19. The minimum absolute atomic E-state index is 0.326. The van der Waals surface area contributed by atoms with Crippen molar-refractivity contribution in [2.75, 3.05) is 13.7 Å². The molecule has 0 aromatic rings. The molecule has 5 nitrogen and oxygen atoms in total. The highest BCUT2D eigenvalue weighted by molar-refractivity contribution is 5.81. The molecule has 1 saturated carbocycles. The summed E-state index contributed by atoms with van der Waals surface area (Å²) in [7, 11) is 1.39. The summed E-state index contributed by atoms with van der Waals surface area (Å²) in [5, 5.41) is 0. The summed E-state index contributed by atoms with van der Waals surface area (Å²) in [6.07, 6.45) is 10.5. The van der Waals surface area contributed by atoms with E-state index in [2.05, 4.69) is 0 Å². The van der Waals surface area contributed by atoms with E-state index in [9.17, 15) is 9.59 Å². The van der Waals surface area contributed by atoms with Gasteiger partial charge in [0.2, 0.25) is 0 Å². The lowest BCUT2D eigenvalue weighted by Crippen LogP contribution is -2.52. The molecule has 2 rings (SSSR count). The van der Waals surface area contributed by atoms with Gasteiger partial charge in [-0.25, -0.2) is 9.59 Å². The predicted molar refractivity (Wildman–Crippen MR) is 97.3 cm³/mol. The molecule has 144 valence electrons. The number of amides is 1. The summed E-state index contributed by atoms with van der Waals surface area (Å²) in [4.78, 5) is 26.2. The number of hydrogen-bond acceptors (Lipinski definition) is 4. The normalized spacial score (nSPS) is 25.5. The van der Waals surface area contributed by atoms with E-state index >= 15 is 0 Å². The van der Waals surface area contributed by atoms with Gasteiger partial charge in [-0.3, -0.25) is 4.90 Å². The molecule has 1 aliphatic carbocycles. The first-order valence-electron chi connectivity index (χ1n) is 9.87. The van der Waals surface area contributed by atoms with E-state index < -0.39 is 17.7 Å². The van der Waals surface area contributed by atoms with Crippen molar-refractivity contribution in [2.24, 2.45) is 11.8 Å². The van der Waals surface area contributed by atoms with Crippen molar-refractivity contribution in [1.82, 2.24) is 4.90 Å². The smallest absolute Gasteiger partial charge is 0.411 e. The van der Waals surface area contributed by atoms with Crippen LogP contribution in [0.1, 0.15) is 78.6 Å². The Morgan fingerprint density at radius 2 is 1.64 bits per heavy atom. The van der Waals surface area contributed by atoms with E-state index in [4.69, 9.17) is 9.47 Å². The van der Waals surface area contributed by atoms with E-state index in [-0.39, 0.29) is 5.97 Å². The maximum absolute atomic E-state index is 12.5. The van der Waals surface area contributed by atoms with Crippen molar-refractivity contribution in [2.45, 2.75) is 90.2 Å². The lowest BCUT2D eigenvalue weighted by molar-refractivity contribution is -0.149. The van der Waals surface area contributed by atoms with Crippen LogP contribution in [0.25, 0.3) is 0 Å². The first-order valence-corrected chi connectivity index (χ1v) is 9.87. The first kappa shape index (κ1) is 20.1. The molecular formula is C20H35NO4. The number of esters is 1. The van der Waals surface area contributed by atoms with Crippen molar-refractivity contribution < 1.29 is 19.1 Å². The van der Waals surface area contributed by atoms with E-state index in [1.165, 1.54) is 45.6 Å². The molecule has 0 aromatic heterocycles. The largest absolute Gasteiger partial charge is 0.467 e. The Balaban J connectivity index is 1.92. The zero-order valence-corrected chi connectivity index (χ0v) is 16.4. The van der Waals surface area contributed by atoms with Gasteiger partial charge >= 0.3 is 12.1 Å². The topological polar surface area (TPSA) is 55.8 Å². The van der Waals surface area contributed by atoms with Gasteiger partial charge in [-0.15, -0.1) is 0 Å². The molecule has 5 heteroatoms. The fraction of sp³-hybridized carbons (Fsp3) is 0.900. The molecule has 1 saturated heterocycles. The predicted octanol–water partition coefficient (Wildman–Crippen LogP) is 4.54. The number of ether oxygens (including phenoxy) is 2. The average molecular weight is 354 g/mol. The highest BCUT2D eigenvalue weighted by Gasteiger charge is 2.38. The Bertz CT molecular complexity index is 451. The minimum atomic E-state index is -0.560. The van der Waals surface area contributed by atoms with Gasteiger partial charge < -0.3 is 9.47 Å². The highest BCUT2D eigenvalue weighted by atomic mass is 16.6. The number of likely N-dealkylation sites (tertiary alicyclic amines) is 1. The quantitative estimate of drug-likeness (QED) is 0.697. The molecule has 25 heavy (non-hydrogen) atoms. The second kappa shape index (κ2) is 8.91. The maximum Gasteiger partial charge on any atom is 0.411 e. The lowest BCUT2D eigenvalue weighted by atomic mass is 9.81. The van der Waals surface area contributed by atoms with Crippen molar-refractivity contribution in [3.8, 4) is 0 Å². The van der Waals surface area contributed by atoms with Crippen LogP contribution >= 0.6 is 0 Å². The average Bonchev–Trinajstić information content (AvgIpc) is 2.58. The van der Waals surface area contributed by atoms with Crippen LogP contribution in [0.15, 0.2) is 0 Å². The monoisotopic (exact) mass is 353 g/mol. The molecule has 2 atom stereocenters. The van der Waals surface area contributed by atoms with E-state index in [0.29, 0.717) is 18.9 Å². The van der Waals surface area contributed by atoms with Crippen molar-refractivity contribution >= 4 is 12.1 Å². The Labute approximate surface area is 152 Å². The number of methoxy groups -OCH3 is 1. The van der Waals surface area contributed by atoms with Crippen LogP contribution in [0, 0.1) is 11.8 Å². The van der Waals surface area contributed by atoms with Crippen LogP contribution in [-0.4, -0.2) is 42.3 Å². The highest BCUT2D eigenvalue weighted by Crippen LogP contribution is 2.33. The zero-order valence-electron chi connectivity index (χ0n) is 16.4. The molecule has 1 aliphatic heterocycles. The molecule has 0 spiro atoms. The van der Waals surface area contributed by atoms with Gasteiger partial charge in [0.05, 0.1) is 7.11 Å². The fourth-order valence-corrected chi connectivity index (χ4v) is 4.15. The van der Waals surface area contributed by atoms with Gasteiger partial charge in [0.1, 0.15) is 11.6 Å². The Morgan fingerprint density at radius 3 is 2.24 bits per heavy atom. The summed E-state index contributed by atoms with van der Waals surface area (Å²) in [5.74, 6) is 1.02. The minimum Gasteiger partial charge on any atom is -0.467 e. The second-order valence-electron chi connectivity index (χ2n) is 8.68. The fourth-order valence-electron chi connectivity index (χ4n) is 4.15. The molecule has 0 N–H and O–H groups in total. The molecule has 0 unspecified atom stereocenters. The van der Waals surface area contributed by atoms with Crippen LogP contribution in [0.2, 0.25) is 0 Å². The molecule has 1 heterocycles. The van der Waals surface area contributed by atoms with Crippen LogP contribution in [-0.2, 0) is 14.3 Å². The van der Waals surface area contributed by atoms with E-state index in [1.54, 1.807) is 4.90 Å². The molecular weight excluding hydrogens is 318 g/mol. The number of piperidine rings is 1. The molecule has 1 amide bonds. The Kier molecular flexibility index (Phi) is 7.14. The third-order valence-corrected chi connectivity index (χ3v) is 5.52. The molecule has 2 fully saturated rings. The van der Waals surface area contributed by atoms with Gasteiger partial charge in [-0.2, -0.15) is 0 Å². The van der Waals surface area contributed by atoms with Gasteiger partial charge in [-0.05, 0) is 45.4 Å². The Morgan fingerprint density at radius 1 is 1.00 bits per heavy atom. The number of hydrogen-bond donors (Lipinski definition) is 0. The molecule has 0 bridgehead atoms. The summed E-state index contributed by atoms with van der Waals surface area (Å²) in [6.45, 7) is 6.10. The lowest BCUT2D eigenvalue weighted by Gasteiger charge is -2.38. The van der Waals surface area contributed by atoms with Crippen LogP contribution in [0.4, 0.5) is 4.79 Å². The van der Waals surface area contributed by atoms with Crippen LogP contribution in [0.3, 0.4) is 0 Å². The van der Waals surface area contributed by atoms with Crippen LogP contribution < -0.4 is 0 Å². The number of carbonyl (C=O) groups is 2. The number of carbonyl (C=O) groups excluding carboxylic acids is 2. The SMILES string of the molecule is COC(=O)[C@H]1C[C@H](CCC2CCCCC2)CCN1C(=O)OC(C)(C)C. The molecule has 0 aromatic carbocycles. The summed E-state index contributed by atoms with van der Waals surface area (Å²) in [6, 6.07) is -0.509. The summed E-state index contributed by atoms with van der Waals surface area (Å²) >= 11 is 0. The van der Waals surface area contributed by atoms with Crippen molar-refractivity contribution in [1.29, 1.82) is 0 Å². The molecule has 0 radical (unpaired) electrons. The van der Waals surface area contributed by atoms with Crippen LogP contribution in [0.5, 0.6) is 0 Å². The van der Waals surface area contributed by atoms with Gasteiger partial charge in [0.15, 0.2) is 0 Å². The van der Waals surface area contributed by atoms with Gasteiger partial charge in [0.25, 0.3) is 0 Å². The zero-order chi connectivity index (χ0) is 18.4. The van der Waals surface area contributed by atoms with E-state index in [0.717, 1.165) is 18.8 Å². The second-order valence-corrected chi connectivity index (χ2v) is 8.68. The van der Waals surface area contributed by atoms with Crippen molar-refractivity contribution in [3.05, 3.63) is 0 Å². The summed E-state index contributed by atoms with van der Waals surface area (Å²) < 4.78 is 10.4. The van der Waals surface area contributed by atoms with Gasteiger partial charge in [0, 0.05) is 6.54 Å².